The monoisotopic (exact) mass is 362 g/mol. The molecule has 2 bridgehead atoms. The van der Waals surface area contributed by atoms with E-state index in [2.05, 4.69) is 10.2 Å². The van der Waals surface area contributed by atoms with Gasteiger partial charge in [-0.1, -0.05) is 11.6 Å². The minimum Gasteiger partial charge on any atom is -0.447 e. The van der Waals surface area contributed by atoms with Gasteiger partial charge in [0.05, 0.1) is 5.02 Å². The van der Waals surface area contributed by atoms with Crippen molar-refractivity contribution in [3.05, 3.63) is 46.3 Å². The van der Waals surface area contributed by atoms with E-state index in [4.69, 9.17) is 16.3 Å². The second kappa shape index (κ2) is 6.75. The first-order valence-electron chi connectivity index (χ1n) is 8.21. The van der Waals surface area contributed by atoms with Gasteiger partial charge >= 0.3 is 0 Å². The lowest BCUT2D eigenvalue weighted by Crippen LogP contribution is -2.46. The van der Waals surface area contributed by atoms with Gasteiger partial charge in [-0.2, -0.15) is 0 Å². The van der Waals surface area contributed by atoms with E-state index >= 15 is 0 Å². The smallest absolute Gasteiger partial charge is 0.251 e. The van der Waals surface area contributed by atoms with E-state index in [-0.39, 0.29) is 11.9 Å². The zero-order valence-electron chi connectivity index (χ0n) is 13.2. The van der Waals surface area contributed by atoms with E-state index in [1.165, 1.54) is 30.8 Å². The molecule has 0 aliphatic carbocycles. The molecule has 2 saturated heterocycles. The molecule has 3 heterocycles. The number of hydrogen-bond donors (Lipinski definition) is 1. The summed E-state index contributed by atoms with van der Waals surface area (Å²) in [5, 5.41) is 6.41. The van der Waals surface area contributed by atoms with Gasteiger partial charge in [0.15, 0.2) is 5.06 Å². The molecule has 2 fully saturated rings. The number of benzene rings is 1. The summed E-state index contributed by atoms with van der Waals surface area (Å²) in [5.74, 6) is 1.44. The van der Waals surface area contributed by atoms with Crippen LogP contribution in [0.1, 0.15) is 23.2 Å². The lowest BCUT2D eigenvalue weighted by molar-refractivity contribution is 0.0909. The highest BCUT2D eigenvalue weighted by Crippen LogP contribution is 2.31. The number of fused-ring (bicyclic) bond motifs is 2. The van der Waals surface area contributed by atoms with Gasteiger partial charge in [-0.25, -0.2) is 0 Å². The van der Waals surface area contributed by atoms with Crippen LogP contribution in [0.2, 0.25) is 5.02 Å². The summed E-state index contributed by atoms with van der Waals surface area (Å²) in [7, 11) is 0. The van der Waals surface area contributed by atoms with Crippen LogP contribution in [-0.2, 0) is 0 Å². The Morgan fingerprint density at radius 1 is 1.29 bits per heavy atom. The van der Waals surface area contributed by atoms with E-state index in [1.54, 1.807) is 18.2 Å². The molecule has 1 unspecified atom stereocenters. The fourth-order valence-electron chi connectivity index (χ4n) is 3.57. The number of nitrogens with zero attached hydrogens (tertiary/aromatic N) is 1. The van der Waals surface area contributed by atoms with Crippen LogP contribution < -0.4 is 10.1 Å². The highest BCUT2D eigenvalue weighted by molar-refractivity contribution is 7.12. The molecule has 1 N–H and O–H groups in total. The Kier molecular flexibility index (Phi) is 4.48. The Morgan fingerprint density at radius 2 is 2.12 bits per heavy atom. The molecule has 2 aromatic rings. The van der Waals surface area contributed by atoms with E-state index < -0.39 is 0 Å². The first-order chi connectivity index (χ1) is 11.7. The fourth-order valence-corrected chi connectivity index (χ4v) is 4.51. The molecular weight excluding hydrogens is 344 g/mol. The number of thiophene rings is 1. The van der Waals surface area contributed by atoms with E-state index in [1.807, 2.05) is 17.5 Å². The Hall–Kier alpha value is -1.56. The number of ether oxygens (including phenoxy) is 1. The van der Waals surface area contributed by atoms with Gasteiger partial charge in [-0.15, -0.1) is 11.3 Å². The van der Waals surface area contributed by atoms with Gasteiger partial charge in [0, 0.05) is 36.1 Å². The zero-order chi connectivity index (χ0) is 16.5. The third-order valence-electron chi connectivity index (χ3n) is 4.68. The van der Waals surface area contributed by atoms with Crippen LogP contribution in [-0.4, -0.2) is 36.5 Å². The second-order valence-electron chi connectivity index (χ2n) is 6.53. The minimum atomic E-state index is -0.00628. The van der Waals surface area contributed by atoms with E-state index in [0.29, 0.717) is 16.3 Å². The molecule has 126 valence electrons. The van der Waals surface area contributed by atoms with Crippen molar-refractivity contribution in [1.82, 2.24) is 10.2 Å². The van der Waals surface area contributed by atoms with Crippen LogP contribution in [0, 0.1) is 5.92 Å². The molecule has 2 aliphatic heterocycles. The van der Waals surface area contributed by atoms with Crippen LogP contribution in [0.15, 0.2) is 35.7 Å². The molecule has 4 nitrogen and oxygen atoms in total. The molecule has 3 atom stereocenters. The van der Waals surface area contributed by atoms with Crippen LogP contribution in [0.4, 0.5) is 0 Å². The largest absolute Gasteiger partial charge is 0.447 e. The number of amides is 1. The van der Waals surface area contributed by atoms with Crippen LogP contribution >= 0.6 is 22.9 Å². The number of halogens is 1. The molecule has 0 spiro atoms. The molecule has 0 saturated carbocycles. The molecule has 24 heavy (non-hydrogen) atoms. The topological polar surface area (TPSA) is 41.6 Å². The fraction of sp³-hybridized carbons (Fsp3) is 0.389. The zero-order valence-corrected chi connectivity index (χ0v) is 14.8. The Labute approximate surface area is 150 Å². The van der Waals surface area contributed by atoms with Gasteiger partial charge in [-0.05, 0) is 49.6 Å². The average Bonchev–Trinajstić information content (AvgIpc) is 3.13. The number of piperidine rings is 1. The Morgan fingerprint density at radius 3 is 2.83 bits per heavy atom. The van der Waals surface area contributed by atoms with Gasteiger partial charge in [0.2, 0.25) is 0 Å². The average molecular weight is 363 g/mol. The first kappa shape index (κ1) is 15.9. The van der Waals surface area contributed by atoms with E-state index in [9.17, 15) is 4.79 Å². The highest BCUT2D eigenvalue weighted by Gasteiger charge is 2.32. The lowest BCUT2D eigenvalue weighted by atomic mass is 9.96. The van der Waals surface area contributed by atoms with Gasteiger partial charge in [0.25, 0.3) is 5.91 Å². The molecule has 4 rings (SSSR count). The predicted molar refractivity (Wildman–Crippen MR) is 96.3 cm³/mol. The quantitative estimate of drug-likeness (QED) is 0.893. The lowest BCUT2D eigenvalue weighted by Gasteiger charge is -2.30. The van der Waals surface area contributed by atoms with Gasteiger partial charge < -0.3 is 15.0 Å². The van der Waals surface area contributed by atoms with E-state index in [0.717, 1.165) is 23.9 Å². The van der Waals surface area contributed by atoms with Gasteiger partial charge in [0.1, 0.15) is 5.75 Å². The summed E-state index contributed by atoms with van der Waals surface area (Å²) in [5.41, 5.74) is 0.666. The summed E-state index contributed by atoms with van der Waals surface area (Å²) < 4.78 is 5.72. The third kappa shape index (κ3) is 3.58. The molecule has 0 radical (unpaired) electrons. The summed E-state index contributed by atoms with van der Waals surface area (Å²) in [6.45, 7) is 3.35. The normalized spacial score (nSPS) is 25.5. The van der Waals surface area contributed by atoms with Crippen molar-refractivity contribution in [2.75, 3.05) is 19.6 Å². The highest BCUT2D eigenvalue weighted by atomic mass is 35.5. The van der Waals surface area contributed by atoms with Crippen molar-refractivity contribution in [3.63, 3.8) is 0 Å². The van der Waals surface area contributed by atoms with Crippen molar-refractivity contribution < 1.29 is 9.53 Å². The minimum absolute atomic E-state index is 0.00628. The number of hydrogen-bond acceptors (Lipinski definition) is 4. The molecule has 2 aliphatic rings. The van der Waals surface area contributed by atoms with Crippen molar-refractivity contribution in [2.45, 2.75) is 18.9 Å². The Balaban J connectivity index is 1.36. The van der Waals surface area contributed by atoms with Crippen molar-refractivity contribution in [1.29, 1.82) is 0 Å². The summed E-state index contributed by atoms with van der Waals surface area (Å²) >= 11 is 7.33. The second-order valence-corrected chi connectivity index (χ2v) is 7.84. The molecular formula is C18H19ClN2O2S. The third-order valence-corrected chi connectivity index (χ3v) is 5.83. The number of rotatable bonds is 4. The van der Waals surface area contributed by atoms with Crippen LogP contribution in [0.5, 0.6) is 10.8 Å². The standard InChI is InChI=1S/C18H19ClN2O2S/c19-14-8-17(24-11-14)23-16-3-1-13(2-4-16)18(22)20-15-7-12-5-6-21(9-12)10-15/h1-4,8,11-12,15H,5-7,9-10H2,(H,20,22)/t12-,15-/m1/s1. The summed E-state index contributed by atoms with van der Waals surface area (Å²) in [6.07, 6.45) is 2.37. The molecule has 1 amide bonds. The number of carbonyl (C=O) groups is 1. The number of nitrogens with one attached hydrogen (secondary N) is 1. The maximum Gasteiger partial charge on any atom is 0.251 e. The molecule has 6 heteroatoms. The van der Waals surface area contributed by atoms with Crippen LogP contribution in [0.25, 0.3) is 0 Å². The Bertz CT molecular complexity index is 719. The maximum absolute atomic E-state index is 12.4. The van der Waals surface area contributed by atoms with Crippen molar-refractivity contribution >= 4 is 28.8 Å². The first-order valence-corrected chi connectivity index (χ1v) is 9.46. The van der Waals surface area contributed by atoms with Gasteiger partial charge in [-0.3, -0.25) is 4.79 Å². The summed E-state index contributed by atoms with van der Waals surface area (Å²) in [4.78, 5) is 14.9. The number of carbonyl (C=O) groups excluding carboxylic acids is 1. The molecule has 1 aromatic carbocycles. The van der Waals surface area contributed by atoms with Crippen molar-refractivity contribution in [3.8, 4) is 10.8 Å². The van der Waals surface area contributed by atoms with Crippen LogP contribution in [0.3, 0.4) is 0 Å². The SMILES string of the molecule is O=C(N[C@@H]1C[C@H]2CCN(C2)C1)c1ccc(Oc2cc(Cl)cs2)cc1. The maximum atomic E-state index is 12.4. The van der Waals surface area contributed by atoms with Crippen molar-refractivity contribution in [2.24, 2.45) is 5.92 Å². The summed E-state index contributed by atoms with van der Waals surface area (Å²) in [6, 6.07) is 9.28. The molecule has 1 aromatic heterocycles. The predicted octanol–water partition coefficient (Wildman–Crippen LogP) is 4.02.